The summed E-state index contributed by atoms with van der Waals surface area (Å²) < 4.78 is 31.5. The van der Waals surface area contributed by atoms with Crippen molar-refractivity contribution < 1.29 is 23.4 Å². The number of alkyl halides is 2. The van der Waals surface area contributed by atoms with E-state index in [1.165, 1.54) is 11.3 Å². The minimum absolute atomic E-state index is 0.293. The molecular formula is C22H37ClF2N4O3S. The predicted octanol–water partition coefficient (Wildman–Crippen LogP) is 3.82. The first-order chi connectivity index (χ1) is 15.9. The van der Waals surface area contributed by atoms with Gasteiger partial charge in [-0.15, -0.1) is 11.3 Å². The summed E-state index contributed by atoms with van der Waals surface area (Å²) in [6.07, 6.45) is 4.88. The number of hydrogen-bond acceptors (Lipinski definition) is 8. The smallest absolute Gasteiger partial charge is 0.229 e. The van der Waals surface area contributed by atoms with Crippen molar-refractivity contribution in [1.82, 2.24) is 9.91 Å². The minimum Gasteiger partial charge on any atom is -0.400 e. The van der Waals surface area contributed by atoms with Crippen molar-refractivity contribution in [3.63, 3.8) is 0 Å². The van der Waals surface area contributed by atoms with Crippen LogP contribution in [0, 0.1) is 0 Å². The average molecular weight is 511 g/mol. The molecule has 0 radical (unpaired) electrons. The van der Waals surface area contributed by atoms with Gasteiger partial charge in [0.25, 0.3) is 0 Å². The highest BCUT2D eigenvalue weighted by atomic mass is 35.5. The van der Waals surface area contributed by atoms with Crippen LogP contribution >= 0.6 is 22.9 Å². The molecule has 0 bridgehead atoms. The average Bonchev–Trinajstić information content (AvgIpc) is 3.24. The third-order valence-corrected chi connectivity index (χ3v) is 7.48. The molecule has 4 heterocycles. The van der Waals surface area contributed by atoms with Gasteiger partial charge >= 0.3 is 0 Å². The van der Waals surface area contributed by atoms with Gasteiger partial charge in [-0.1, -0.05) is 25.4 Å². The molecule has 11 heteroatoms. The van der Waals surface area contributed by atoms with Crippen molar-refractivity contribution >= 4 is 22.9 Å². The topological polar surface area (TPSA) is 97.2 Å². The highest BCUT2D eigenvalue weighted by Gasteiger charge is 2.44. The fraction of sp³-hybridized carbons (Fsp3) is 0.727. The van der Waals surface area contributed by atoms with Gasteiger partial charge in [0.1, 0.15) is 11.7 Å². The second-order valence-electron chi connectivity index (χ2n) is 8.03. The Kier molecular flexibility index (Phi) is 11.8. The summed E-state index contributed by atoms with van der Waals surface area (Å²) in [5.74, 6) is 6.18. The summed E-state index contributed by atoms with van der Waals surface area (Å²) >= 11 is 7.75. The molecule has 1 spiro atoms. The van der Waals surface area contributed by atoms with Crippen LogP contribution in [0.25, 0.3) is 0 Å². The van der Waals surface area contributed by atoms with Crippen molar-refractivity contribution in [2.24, 2.45) is 11.6 Å². The second-order valence-corrected chi connectivity index (χ2v) is 9.71. The van der Waals surface area contributed by atoms with E-state index in [0.717, 1.165) is 68.1 Å². The Hall–Kier alpha value is -1.01. The molecule has 1 atom stereocenters. The number of thiophene rings is 1. The molecule has 190 valence electrons. The SMILES string of the molecule is CC.FCF.N/C(=C\N(N)C1CCOCC1)CN1CCC2(CC1)OC[C@@H](O)c1cc(Cl)sc12. The van der Waals surface area contributed by atoms with E-state index in [4.69, 9.17) is 32.7 Å². The van der Waals surface area contributed by atoms with Gasteiger partial charge in [-0.3, -0.25) is 4.90 Å². The number of aliphatic hydroxyl groups is 1. The van der Waals surface area contributed by atoms with Crippen LogP contribution in [0.3, 0.4) is 0 Å². The first-order valence-electron chi connectivity index (χ1n) is 11.4. The van der Waals surface area contributed by atoms with E-state index in [1.54, 1.807) is 5.01 Å². The number of ether oxygens (including phenoxy) is 2. The van der Waals surface area contributed by atoms with Gasteiger partial charge < -0.3 is 25.3 Å². The molecule has 3 aliphatic rings. The molecule has 0 aromatic carbocycles. The zero-order chi connectivity index (χ0) is 24.4. The van der Waals surface area contributed by atoms with Gasteiger partial charge in [-0.25, -0.2) is 14.6 Å². The third-order valence-electron chi connectivity index (χ3n) is 6.02. The molecule has 0 saturated carbocycles. The van der Waals surface area contributed by atoms with E-state index in [9.17, 15) is 13.9 Å². The Morgan fingerprint density at radius 3 is 2.55 bits per heavy atom. The highest BCUT2D eigenvalue weighted by Crippen LogP contribution is 2.48. The summed E-state index contributed by atoms with van der Waals surface area (Å²) in [5.41, 5.74) is 7.64. The van der Waals surface area contributed by atoms with Gasteiger partial charge in [0.15, 0.2) is 0 Å². The first-order valence-corrected chi connectivity index (χ1v) is 12.6. The summed E-state index contributed by atoms with van der Waals surface area (Å²) in [7, 11) is 0. The van der Waals surface area contributed by atoms with E-state index in [-0.39, 0.29) is 5.60 Å². The number of aliphatic hydroxyl groups excluding tert-OH is 1. The van der Waals surface area contributed by atoms with Crippen LogP contribution in [0.5, 0.6) is 0 Å². The maximum absolute atomic E-state index is 10.2. The largest absolute Gasteiger partial charge is 0.400 e. The molecule has 1 aromatic rings. The summed E-state index contributed by atoms with van der Waals surface area (Å²) in [6.45, 7) is 6.53. The van der Waals surface area contributed by atoms with Crippen molar-refractivity contribution in [2.75, 3.05) is 46.4 Å². The summed E-state index contributed by atoms with van der Waals surface area (Å²) in [4.78, 5) is 3.42. The Bertz CT molecular complexity index is 741. The van der Waals surface area contributed by atoms with Crippen LogP contribution in [-0.2, 0) is 15.1 Å². The number of halogens is 3. The van der Waals surface area contributed by atoms with E-state index < -0.39 is 13.0 Å². The molecule has 33 heavy (non-hydrogen) atoms. The van der Waals surface area contributed by atoms with Crippen LogP contribution in [0.1, 0.15) is 56.1 Å². The Morgan fingerprint density at radius 1 is 1.33 bits per heavy atom. The molecule has 4 rings (SSSR count). The molecule has 2 fully saturated rings. The fourth-order valence-electron chi connectivity index (χ4n) is 4.39. The van der Waals surface area contributed by atoms with E-state index >= 15 is 0 Å². The summed E-state index contributed by atoms with van der Waals surface area (Å²) in [6, 6.07) is 2.18. The molecule has 3 aliphatic heterocycles. The Morgan fingerprint density at radius 2 is 1.94 bits per heavy atom. The maximum atomic E-state index is 10.2. The zero-order valence-corrected chi connectivity index (χ0v) is 21.0. The monoisotopic (exact) mass is 510 g/mol. The molecule has 1 aromatic heterocycles. The van der Waals surface area contributed by atoms with Gasteiger partial charge in [-0.2, -0.15) is 0 Å². The van der Waals surface area contributed by atoms with Crippen molar-refractivity contribution in [2.45, 2.75) is 57.3 Å². The van der Waals surface area contributed by atoms with E-state index in [1.807, 2.05) is 26.1 Å². The maximum Gasteiger partial charge on any atom is 0.229 e. The van der Waals surface area contributed by atoms with Gasteiger partial charge in [0.2, 0.25) is 6.93 Å². The predicted molar refractivity (Wildman–Crippen MR) is 128 cm³/mol. The van der Waals surface area contributed by atoms with E-state index in [2.05, 4.69) is 4.90 Å². The van der Waals surface area contributed by atoms with E-state index in [0.29, 0.717) is 23.5 Å². The first kappa shape index (κ1) is 28.2. The fourth-order valence-corrected chi connectivity index (χ4v) is 5.89. The number of likely N-dealkylation sites (tertiary alicyclic amines) is 1. The minimum atomic E-state index is -1.75. The molecule has 0 aliphatic carbocycles. The van der Waals surface area contributed by atoms with Crippen LogP contribution in [0.15, 0.2) is 18.0 Å². The quantitative estimate of drug-likeness (QED) is 0.418. The van der Waals surface area contributed by atoms with Crippen LogP contribution < -0.4 is 11.6 Å². The lowest BCUT2D eigenvalue weighted by molar-refractivity contribution is -0.127. The standard InChI is InChI=1S/C19H29ClN4O3S.C2H6.CH2F2/c20-17-9-15-16(25)12-27-19(18(15)28-17)3-5-23(6-4-19)10-13(21)11-24(22)14-1-7-26-8-2-14;1-2;2-1-3/h9,11,14,16,25H,1-8,10,12,21-22H2;1-2H3;1H2/b13-11-;;/t16-;;/m1../s1. The molecule has 0 amide bonds. The van der Waals surface area contributed by atoms with Crippen LogP contribution in [0.2, 0.25) is 4.34 Å². The van der Waals surface area contributed by atoms with Crippen molar-refractivity contribution in [1.29, 1.82) is 0 Å². The number of hydrogen-bond donors (Lipinski definition) is 3. The van der Waals surface area contributed by atoms with Gasteiger partial charge in [-0.05, 0) is 31.7 Å². The molecule has 0 unspecified atom stereocenters. The third kappa shape index (κ3) is 7.48. The number of rotatable bonds is 4. The van der Waals surface area contributed by atoms with Crippen LogP contribution in [-0.4, -0.2) is 67.4 Å². The van der Waals surface area contributed by atoms with Gasteiger partial charge in [0.05, 0.1) is 10.9 Å². The number of nitrogens with zero attached hydrogens (tertiary/aromatic N) is 2. The molecule has 5 N–H and O–H groups in total. The highest BCUT2D eigenvalue weighted by molar-refractivity contribution is 7.16. The molecule has 7 nitrogen and oxygen atoms in total. The lowest BCUT2D eigenvalue weighted by Crippen LogP contribution is -2.47. The molecular weight excluding hydrogens is 474 g/mol. The Balaban J connectivity index is 0.000000714. The lowest BCUT2D eigenvalue weighted by Gasteiger charge is -2.44. The number of hydrazine groups is 1. The van der Waals surface area contributed by atoms with Crippen LogP contribution in [0.4, 0.5) is 8.78 Å². The Labute approximate surface area is 204 Å². The lowest BCUT2D eigenvalue weighted by atomic mass is 9.84. The zero-order valence-electron chi connectivity index (χ0n) is 19.4. The normalized spacial score (nSPS) is 23.1. The van der Waals surface area contributed by atoms with Crippen molar-refractivity contribution in [3.05, 3.63) is 32.7 Å². The number of nitrogens with two attached hydrogens (primary N) is 2. The van der Waals surface area contributed by atoms with Crippen molar-refractivity contribution in [3.8, 4) is 0 Å². The van der Waals surface area contributed by atoms with Gasteiger partial charge in [0, 0.05) is 61.2 Å². The summed E-state index contributed by atoms with van der Waals surface area (Å²) in [5, 5.41) is 12.0. The molecule has 2 saturated heterocycles. The number of fused-ring (bicyclic) bond motifs is 2. The second kappa shape index (κ2) is 13.8. The number of piperidine rings is 1.